The van der Waals surface area contributed by atoms with Gasteiger partial charge in [-0.3, -0.25) is 14.7 Å². The molecule has 1 atom stereocenters. The highest BCUT2D eigenvalue weighted by Gasteiger charge is 2.30. The second kappa shape index (κ2) is 5.93. The number of nitrogens with zero attached hydrogens (tertiary/aromatic N) is 3. The fourth-order valence-electron chi connectivity index (χ4n) is 2.24. The Bertz CT molecular complexity index is 396. The van der Waals surface area contributed by atoms with E-state index in [9.17, 15) is 9.90 Å². The Hall–Kier alpha value is -1.46. The lowest BCUT2D eigenvalue weighted by Crippen LogP contribution is -2.46. The van der Waals surface area contributed by atoms with Crippen LogP contribution in [0.4, 0.5) is 0 Å². The van der Waals surface area contributed by atoms with Gasteiger partial charge in [0.25, 0.3) is 0 Å². The molecule has 1 fully saturated rings. The molecule has 1 N–H and O–H groups in total. The van der Waals surface area contributed by atoms with Gasteiger partial charge < -0.3 is 10.0 Å². The Kier molecular flexibility index (Phi) is 4.28. The van der Waals surface area contributed by atoms with Gasteiger partial charge in [0.1, 0.15) is 6.04 Å². The fraction of sp³-hybridized carbons (Fsp3) is 0.538. The summed E-state index contributed by atoms with van der Waals surface area (Å²) in [7, 11) is 1.88. The van der Waals surface area contributed by atoms with Gasteiger partial charge in [-0.05, 0) is 25.6 Å². The fourth-order valence-corrected chi connectivity index (χ4v) is 2.24. The predicted molar refractivity (Wildman–Crippen MR) is 67.8 cm³/mol. The van der Waals surface area contributed by atoms with Gasteiger partial charge in [-0.1, -0.05) is 6.07 Å². The molecule has 98 valence electrons. The number of amides is 1. The molecule has 0 saturated carbocycles. The van der Waals surface area contributed by atoms with Crippen molar-refractivity contribution in [3.8, 4) is 0 Å². The number of aromatic nitrogens is 1. The minimum atomic E-state index is -0.420. The van der Waals surface area contributed by atoms with Gasteiger partial charge in [0, 0.05) is 19.3 Å². The molecular weight excluding hydrogens is 230 g/mol. The van der Waals surface area contributed by atoms with Crippen LogP contribution in [0.3, 0.4) is 0 Å². The first-order valence-electron chi connectivity index (χ1n) is 6.22. The average molecular weight is 249 g/mol. The summed E-state index contributed by atoms with van der Waals surface area (Å²) in [6.45, 7) is 1.93. The molecule has 1 aromatic rings. The molecule has 1 saturated heterocycles. The number of aliphatic hydroxyl groups is 1. The number of hydrogen-bond donors (Lipinski definition) is 1. The third-order valence-electron chi connectivity index (χ3n) is 3.32. The molecule has 1 aliphatic heterocycles. The van der Waals surface area contributed by atoms with Gasteiger partial charge >= 0.3 is 0 Å². The van der Waals surface area contributed by atoms with Gasteiger partial charge in [0.05, 0.1) is 18.8 Å². The molecule has 1 aromatic heterocycles. The zero-order valence-corrected chi connectivity index (χ0v) is 10.6. The van der Waals surface area contributed by atoms with Crippen LogP contribution in [0, 0.1) is 0 Å². The lowest BCUT2D eigenvalue weighted by Gasteiger charge is -2.26. The number of aliphatic hydroxyl groups excluding tert-OH is 1. The molecule has 2 heterocycles. The van der Waals surface area contributed by atoms with Crippen LogP contribution >= 0.6 is 0 Å². The Morgan fingerprint density at radius 1 is 1.44 bits per heavy atom. The number of likely N-dealkylation sites (N-methyl/N-ethyl adjacent to an activating group) is 1. The molecule has 1 aliphatic rings. The van der Waals surface area contributed by atoms with Gasteiger partial charge in [0.15, 0.2) is 0 Å². The molecular formula is C13H19N3O2. The molecule has 1 unspecified atom stereocenters. The van der Waals surface area contributed by atoms with Crippen molar-refractivity contribution in [1.82, 2.24) is 14.8 Å². The van der Waals surface area contributed by atoms with E-state index < -0.39 is 6.04 Å². The van der Waals surface area contributed by atoms with E-state index in [1.165, 1.54) is 0 Å². The minimum absolute atomic E-state index is 0.0110. The third-order valence-corrected chi connectivity index (χ3v) is 3.32. The highest BCUT2D eigenvalue weighted by atomic mass is 16.3. The highest BCUT2D eigenvalue weighted by Crippen LogP contribution is 2.12. The maximum Gasteiger partial charge on any atom is 0.242 e. The zero-order chi connectivity index (χ0) is 13.0. The standard InChI is InChI=1S/C13H19N3O2/c1-15-7-4-8-16(13(18)12(15)10-17)9-11-5-2-3-6-14-11/h2-3,5-6,12,17H,4,7-10H2,1H3. The Morgan fingerprint density at radius 2 is 2.28 bits per heavy atom. The highest BCUT2D eigenvalue weighted by molar-refractivity contribution is 5.82. The lowest BCUT2D eigenvalue weighted by atomic mass is 10.2. The smallest absolute Gasteiger partial charge is 0.242 e. The molecule has 5 nitrogen and oxygen atoms in total. The minimum Gasteiger partial charge on any atom is -0.394 e. The van der Waals surface area contributed by atoms with Crippen LogP contribution in [0.5, 0.6) is 0 Å². The van der Waals surface area contributed by atoms with E-state index in [4.69, 9.17) is 0 Å². The summed E-state index contributed by atoms with van der Waals surface area (Å²) >= 11 is 0. The summed E-state index contributed by atoms with van der Waals surface area (Å²) in [6.07, 6.45) is 2.65. The van der Waals surface area contributed by atoms with Crippen molar-refractivity contribution in [2.45, 2.75) is 19.0 Å². The van der Waals surface area contributed by atoms with E-state index in [-0.39, 0.29) is 12.5 Å². The molecule has 0 spiro atoms. The molecule has 0 radical (unpaired) electrons. The summed E-state index contributed by atoms with van der Waals surface area (Å²) in [6, 6.07) is 5.27. The van der Waals surface area contributed by atoms with Crippen molar-refractivity contribution in [2.75, 3.05) is 26.7 Å². The molecule has 2 rings (SSSR count). The summed E-state index contributed by atoms with van der Waals surface area (Å²) in [5.41, 5.74) is 0.882. The van der Waals surface area contributed by atoms with Gasteiger partial charge in [0.2, 0.25) is 5.91 Å². The topological polar surface area (TPSA) is 56.7 Å². The van der Waals surface area contributed by atoms with E-state index in [1.807, 2.05) is 30.1 Å². The summed E-state index contributed by atoms with van der Waals surface area (Å²) in [5, 5.41) is 9.34. The number of rotatable bonds is 3. The molecule has 0 aromatic carbocycles. The molecule has 0 aliphatic carbocycles. The number of carbonyl (C=O) groups is 1. The van der Waals surface area contributed by atoms with Gasteiger partial charge in [-0.25, -0.2) is 0 Å². The lowest BCUT2D eigenvalue weighted by molar-refractivity contribution is -0.136. The van der Waals surface area contributed by atoms with Crippen molar-refractivity contribution in [1.29, 1.82) is 0 Å². The molecule has 5 heteroatoms. The van der Waals surface area contributed by atoms with Crippen LogP contribution in [0.25, 0.3) is 0 Å². The monoisotopic (exact) mass is 249 g/mol. The largest absolute Gasteiger partial charge is 0.394 e. The van der Waals surface area contributed by atoms with Crippen LogP contribution < -0.4 is 0 Å². The number of hydrogen-bond acceptors (Lipinski definition) is 4. The van der Waals surface area contributed by atoms with Crippen LogP contribution in [0.2, 0.25) is 0 Å². The van der Waals surface area contributed by atoms with Crippen molar-refractivity contribution in [3.05, 3.63) is 30.1 Å². The first-order chi connectivity index (χ1) is 8.72. The third kappa shape index (κ3) is 2.86. The first-order valence-corrected chi connectivity index (χ1v) is 6.22. The Balaban J connectivity index is 2.10. The van der Waals surface area contributed by atoms with Crippen LogP contribution in [-0.4, -0.2) is 58.6 Å². The predicted octanol–water partition coefficient (Wildman–Crippen LogP) is 0.107. The quantitative estimate of drug-likeness (QED) is 0.826. The van der Waals surface area contributed by atoms with Crippen LogP contribution in [0.1, 0.15) is 12.1 Å². The zero-order valence-electron chi connectivity index (χ0n) is 10.6. The van der Waals surface area contributed by atoms with E-state index in [1.54, 1.807) is 11.1 Å². The molecule has 18 heavy (non-hydrogen) atoms. The summed E-state index contributed by atoms with van der Waals surface area (Å²) in [5.74, 6) is -0.0110. The van der Waals surface area contributed by atoms with Crippen molar-refractivity contribution in [3.63, 3.8) is 0 Å². The number of carbonyl (C=O) groups excluding carboxylic acids is 1. The Labute approximate surface area is 107 Å². The molecule has 0 bridgehead atoms. The normalized spacial score (nSPS) is 22.0. The maximum atomic E-state index is 12.3. The number of pyridine rings is 1. The van der Waals surface area contributed by atoms with E-state index in [0.717, 1.165) is 25.2 Å². The second-order valence-electron chi connectivity index (χ2n) is 4.61. The summed E-state index contributed by atoms with van der Waals surface area (Å²) in [4.78, 5) is 20.2. The molecule has 1 amide bonds. The van der Waals surface area contributed by atoms with Crippen molar-refractivity contribution in [2.24, 2.45) is 0 Å². The van der Waals surface area contributed by atoms with Gasteiger partial charge in [-0.15, -0.1) is 0 Å². The van der Waals surface area contributed by atoms with Crippen molar-refractivity contribution < 1.29 is 9.90 Å². The van der Waals surface area contributed by atoms with Crippen LogP contribution in [0.15, 0.2) is 24.4 Å². The van der Waals surface area contributed by atoms with Crippen molar-refractivity contribution >= 4 is 5.91 Å². The Morgan fingerprint density at radius 3 is 2.94 bits per heavy atom. The van der Waals surface area contributed by atoms with E-state index in [2.05, 4.69) is 4.98 Å². The second-order valence-corrected chi connectivity index (χ2v) is 4.61. The summed E-state index contributed by atoms with van der Waals surface area (Å²) < 4.78 is 0. The average Bonchev–Trinajstić information content (AvgIpc) is 2.51. The maximum absolute atomic E-state index is 12.3. The van der Waals surface area contributed by atoms with E-state index in [0.29, 0.717) is 6.54 Å². The van der Waals surface area contributed by atoms with E-state index >= 15 is 0 Å². The van der Waals surface area contributed by atoms with Crippen LogP contribution in [-0.2, 0) is 11.3 Å². The van der Waals surface area contributed by atoms with Gasteiger partial charge in [-0.2, -0.15) is 0 Å². The first kappa shape index (κ1) is 13.0. The SMILES string of the molecule is CN1CCCN(Cc2ccccn2)C(=O)C1CO.